The number of carbonyl (C=O) groups is 2. The van der Waals surface area contributed by atoms with Gasteiger partial charge in [0.1, 0.15) is 5.69 Å². The number of benzene rings is 2. The molecule has 31 heavy (non-hydrogen) atoms. The van der Waals surface area contributed by atoms with Gasteiger partial charge in [-0.05, 0) is 37.3 Å². The van der Waals surface area contributed by atoms with Crippen LogP contribution in [0.15, 0.2) is 36.4 Å². The first kappa shape index (κ1) is 23.4. The quantitative estimate of drug-likeness (QED) is 0.375. The predicted octanol–water partition coefficient (Wildman–Crippen LogP) is 3.82. The number of rotatable bonds is 8. The second kappa shape index (κ2) is 9.78. The number of nitro groups is 1. The fraction of sp³-hybridized carbons (Fsp3) is 0.263. The van der Waals surface area contributed by atoms with E-state index in [1.807, 2.05) is 0 Å². The third-order valence-corrected chi connectivity index (χ3v) is 3.83. The van der Waals surface area contributed by atoms with E-state index >= 15 is 0 Å². The van der Waals surface area contributed by atoms with Crippen LogP contribution in [0.1, 0.15) is 22.8 Å². The number of hydrogen-bond donors (Lipinski definition) is 1. The molecular formula is C19H17F3N2O7. The van der Waals surface area contributed by atoms with Gasteiger partial charge in [0.05, 0.1) is 29.8 Å². The summed E-state index contributed by atoms with van der Waals surface area (Å²) in [6.45, 7) is 1.21. The maximum Gasteiger partial charge on any atom is 0.416 e. The minimum atomic E-state index is -4.79. The molecule has 9 nitrogen and oxygen atoms in total. The number of amides is 1. The molecule has 2 rings (SSSR count). The molecule has 2 aromatic carbocycles. The zero-order chi connectivity index (χ0) is 23.2. The Morgan fingerprint density at radius 1 is 1.13 bits per heavy atom. The van der Waals surface area contributed by atoms with Crippen LogP contribution in [0.5, 0.6) is 11.5 Å². The monoisotopic (exact) mass is 442 g/mol. The van der Waals surface area contributed by atoms with Gasteiger partial charge in [0.2, 0.25) is 0 Å². The highest BCUT2D eigenvalue weighted by molar-refractivity contribution is 5.97. The molecule has 0 bridgehead atoms. The van der Waals surface area contributed by atoms with Crippen LogP contribution in [0.4, 0.5) is 24.5 Å². The number of hydrogen-bond acceptors (Lipinski definition) is 7. The lowest BCUT2D eigenvalue weighted by Crippen LogP contribution is -2.21. The van der Waals surface area contributed by atoms with Crippen LogP contribution in [0, 0.1) is 10.1 Å². The van der Waals surface area contributed by atoms with Gasteiger partial charge in [0.15, 0.2) is 18.1 Å². The molecule has 0 unspecified atom stereocenters. The Morgan fingerprint density at radius 3 is 2.42 bits per heavy atom. The molecule has 0 aliphatic heterocycles. The van der Waals surface area contributed by atoms with Crippen molar-refractivity contribution in [1.29, 1.82) is 0 Å². The SMILES string of the molecule is CCOc1cc(C(=O)OCC(=O)Nc2ccc(C(F)(F)F)cc2[N+](=O)[O-])ccc1OC. The van der Waals surface area contributed by atoms with Crippen molar-refractivity contribution in [3.63, 3.8) is 0 Å². The molecule has 0 aliphatic carbocycles. The van der Waals surface area contributed by atoms with Crippen molar-refractivity contribution in [1.82, 2.24) is 0 Å². The lowest BCUT2D eigenvalue weighted by Gasteiger charge is -2.11. The lowest BCUT2D eigenvalue weighted by molar-refractivity contribution is -0.384. The fourth-order valence-corrected chi connectivity index (χ4v) is 2.44. The molecule has 0 heterocycles. The van der Waals surface area contributed by atoms with E-state index in [2.05, 4.69) is 5.32 Å². The Labute approximate surface area is 173 Å². The normalized spacial score (nSPS) is 10.9. The molecule has 2 aromatic rings. The Hall–Kier alpha value is -3.83. The Bertz CT molecular complexity index is 993. The molecule has 0 aromatic heterocycles. The maximum absolute atomic E-state index is 12.7. The summed E-state index contributed by atoms with van der Waals surface area (Å²) in [6.07, 6.45) is -4.79. The first-order chi connectivity index (χ1) is 14.6. The molecule has 1 amide bonds. The van der Waals surface area contributed by atoms with E-state index < -0.39 is 46.5 Å². The van der Waals surface area contributed by atoms with Crippen LogP contribution in [0.3, 0.4) is 0 Å². The van der Waals surface area contributed by atoms with Crippen molar-refractivity contribution in [2.75, 3.05) is 25.6 Å². The minimum Gasteiger partial charge on any atom is -0.493 e. The third-order valence-electron chi connectivity index (χ3n) is 3.83. The number of methoxy groups -OCH3 is 1. The maximum atomic E-state index is 12.7. The van der Waals surface area contributed by atoms with E-state index in [1.165, 1.54) is 25.3 Å². The summed E-state index contributed by atoms with van der Waals surface area (Å²) in [6, 6.07) is 5.83. The first-order valence-electron chi connectivity index (χ1n) is 8.70. The second-order valence-electron chi connectivity index (χ2n) is 5.91. The van der Waals surface area contributed by atoms with Crippen molar-refractivity contribution in [2.24, 2.45) is 0 Å². The molecule has 0 radical (unpaired) electrons. The topological polar surface area (TPSA) is 117 Å². The number of nitrogens with one attached hydrogen (secondary N) is 1. The number of halogens is 3. The highest BCUT2D eigenvalue weighted by Gasteiger charge is 2.33. The Morgan fingerprint density at radius 2 is 1.84 bits per heavy atom. The molecule has 0 saturated carbocycles. The number of nitrogens with zero attached hydrogens (tertiary/aromatic N) is 1. The smallest absolute Gasteiger partial charge is 0.416 e. The van der Waals surface area contributed by atoms with Crippen LogP contribution in [0.25, 0.3) is 0 Å². The molecule has 12 heteroatoms. The van der Waals surface area contributed by atoms with Gasteiger partial charge in [-0.1, -0.05) is 0 Å². The van der Waals surface area contributed by atoms with E-state index in [0.29, 0.717) is 24.5 Å². The van der Waals surface area contributed by atoms with Gasteiger partial charge in [-0.15, -0.1) is 0 Å². The van der Waals surface area contributed by atoms with Crippen LogP contribution >= 0.6 is 0 Å². The minimum absolute atomic E-state index is 0.0533. The van der Waals surface area contributed by atoms with Crippen molar-refractivity contribution >= 4 is 23.3 Å². The number of ether oxygens (including phenoxy) is 3. The van der Waals surface area contributed by atoms with Crippen LogP contribution in [-0.4, -0.2) is 37.1 Å². The number of carbonyl (C=O) groups excluding carboxylic acids is 2. The number of alkyl halides is 3. The molecule has 1 N–H and O–H groups in total. The highest BCUT2D eigenvalue weighted by atomic mass is 19.4. The number of esters is 1. The molecule has 0 aliphatic rings. The van der Waals surface area contributed by atoms with Gasteiger partial charge in [0, 0.05) is 6.07 Å². The van der Waals surface area contributed by atoms with Crippen LogP contribution < -0.4 is 14.8 Å². The van der Waals surface area contributed by atoms with Crippen molar-refractivity contribution in [3.8, 4) is 11.5 Å². The Balaban J connectivity index is 2.08. The Kier molecular flexibility index (Phi) is 7.40. The zero-order valence-electron chi connectivity index (χ0n) is 16.3. The van der Waals surface area contributed by atoms with Gasteiger partial charge in [-0.25, -0.2) is 4.79 Å². The number of nitro benzene ring substituents is 1. The van der Waals surface area contributed by atoms with Gasteiger partial charge in [0.25, 0.3) is 11.6 Å². The lowest BCUT2D eigenvalue weighted by atomic mass is 10.1. The summed E-state index contributed by atoms with van der Waals surface area (Å²) in [5.74, 6) is -1.20. The first-order valence-corrected chi connectivity index (χ1v) is 8.70. The second-order valence-corrected chi connectivity index (χ2v) is 5.91. The van der Waals surface area contributed by atoms with E-state index in [-0.39, 0.29) is 11.3 Å². The molecular weight excluding hydrogens is 425 g/mol. The molecule has 0 atom stereocenters. The van der Waals surface area contributed by atoms with Crippen molar-refractivity contribution in [3.05, 3.63) is 57.6 Å². The van der Waals surface area contributed by atoms with Crippen LogP contribution in [0.2, 0.25) is 0 Å². The molecule has 0 saturated heterocycles. The van der Waals surface area contributed by atoms with E-state index in [9.17, 15) is 32.9 Å². The standard InChI is InChI=1S/C19H17F3N2O7/c1-3-30-16-8-11(4-7-15(16)29-2)18(26)31-10-17(25)23-13-6-5-12(19(20,21)22)9-14(13)24(27)28/h4-9H,3,10H2,1-2H3,(H,23,25). The van der Waals surface area contributed by atoms with Gasteiger partial charge in [-0.3, -0.25) is 14.9 Å². The summed E-state index contributed by atoms with van der Waals surface area (Å²) < 4.78 is 53.5. The summed E-state index contributed by atoms with van der Waals surface area (Å²) in [7, 11) is 1.42. The van der Waals surface area contributed by atoms with Gasteiger partial charge in [-0.2, -0.15) is 13.2 Å². The molecule has 166 valence electrons. The van der Waals surface area contributed by atoms with Crippen molar-refractivity contribution in [2.45, 2.75) is 13.1 Å². The van der Waals surface area contributed by atoms with E-state index in [4.69, 9.17) is 14.2 Å². The van der Waals surface area contributed by atoms with Gasteiger partial charge >= 0.3 is 12.1 Å². The summed E-state index contributed by atoms with van der Waals surface area (Å²) in [5.41, 5.74) is -2.61. The molecule has 0 spiro atoms. The summed E-state index contributed by atoms with van der Waals surface area (Å²) >= 11 is 0. The third kappa shape index (κ3) is 6.07. The summed E-state index contributed by atoms with van der Waals surface area (Å²) in [4.78, 5) is 34.1. The average molecular weight is 442 g/mol. The summed E-state index contributed by atoms with van der Waals surface area (Å²) in [5, 5.41) is 13.1. The largest absolute Gasteiger partial charge is 0.493 e. The van der Waals surface area contributed by atoms with Crippen molar-refractivity contribution < 1.29 is 41.9 Å². The number of anilines is 1. The van der Waals surface area contributed by atoms with E-state index in [0.717, 1.165) is 6.07 Å². The van der Waals surface area contributed by atoms with Gasteiger partial charge < -0.3 is 19.5 Å². The zero-order valence-corrected chi connectivity index (χ0v) is 16.3. The highest BCUT2D eigenvalue weighted by Crippen LogP contribution is 2.35. The molecule has 0 fully saturated rings. The van der Waals surface area contributed by atoms with E-state index in [1.54, 1.807) is 6.92 Å². The average Bonchev–Trinajstić information content (AvgIpc) is 2.71. The fourth-order valence-electron chi connectivity index (χ4n) is 2.44. The van der Waals surface area contributed by atoms with Crippen LogP contribution in [-0.2, 0) is 15.7 Å². The predicted molar refractivity (Wildman–Crippen MR) is 101 cm³/mol.